The van der Waals surface area contributed by atoms with Crippen LogP contribution in [0.1, 0.15) is 71.6 Å². The molecule has 0 saturated heterocycles. The smallest absolute Gasteiger partial charge is 0.0804 e. The molecule has 5 heteroatoms. The molecule has 0 aromatic carbocycles. The van der Waals surface area contributed by atoms with E-state index in [4.69, 9.17) is 10.6 Å². The molecule has 0 amide bonds. The lowest BCUT2D eigenvalue weighted by Crippen LogP contribution is -2.62. The molecule has 166 valence electrons. The molecule has 5 N–H and O–H groups in total. The Morgan fingerprint density at radius 2 is 1.90 bits per heavy atom. The molecule has 0 unspecified atom stereocenters. The van der Waals surface area contributed by atoms with Crippen molar-refractivity contribution in [2.24, 2.45) is 40.2 Å². The van der Waals surface area contributed by atoms with E-state index in [2.05, 4.69) is 31.5 Å². The monoisotopic (exact) mass is 406 g/mol. The Balaban J connectivity index is 1.47. The first-order valence-electron chi connectivity index (χ1n) is 12.0. The molecule has 29 heavy (non-hydrogen) atoms. The van der Waals surface area contributed by atoms with Crippen LogP contribution in [0.5, 0.6) is 0 Å². The van der Waals surface area contributed by atoms with Gasteiger partial charge in [0.2, 0.25) is 0 Å². The fourth-order valence-corrected chi connectivity index (χ4v) is 8.02. The summed E-state index contributed by atoms with van der Waals surface area (Å²) in [7, 11) is 0. The van der Waals surface area contributed by atoms with Crippen LogP contribution in [-0.2, 0) is 4.84 Å². The lowest BCUT2D eigenvalue weighted by Gasteiger charge is -2.63. The Morgan fingerprint density at radius 3 is 2.69 bits per heavy atom. The molecule has 0 bridgehead atoms. The van der Waals surface area contributed by atoms with E-state index in [9.17, 15) is 10.2 Å². The summed E-state index contributed by atoms with van der Waals surface area (Å²) in [5.74, 6) is 2.10. The van der Waals surface area contributed by atoms with Gasteiger partial charge in [-0.15, -0.1) is 0 Å². The highest BCUT2D eigenvalue weighted by molar-refractivity contribution is 5.19. The average Bonchev–Trinajstić information content (AvgIpc) is 2.96. The fraction of sp³-hybridized carbons (Fsp3) is 0.917. The van der Waals surface area contributed by atoms with Gasteiger partial charge in [0.05, 0.1) is 18.3 Å². The van der Waals surface area contributed by atoms with Gasteiger partial charge in [-0.05, 0) is 86.9 Å². The highest BCUT2D eigenvalue weighted by Gasteiger charge is 2.66. The van der Waals surface area contributed by atoms with Crippen LogP contribution in [0.25, 0.3) is 0 Å². The van der Waals surface area contributed by atoms with Crippen LogP contribution in [0.3, 0.4) is 0 Å². The van der Waals surface area contributed by atoms with Crippen molar-refractivity contribution in [2.45, 2.75) is 83.3 Å². The highest BCUT2D eigenvalue weighted by atomic mass is 16.6. The predicted molar refractivity (Wildman–Crippen MR) is 115 cm³/mol. The first-order valence-corrected chi connectivity index (χ1v) is 12.0. The molecule has 0 heterocycles. The summed E-state index contributed by atoms with van der Waals surface area (Å²) < 4.78 is 0. The Bertz CT molecular complexity index is 613. The summed E-state index contributed by atoms with van der Waals surface area (Å²) in [6, 6.07) is 0. The van der Waals surface area contributed by atoms with Gasteiger partial charge in [0, 0.05) is 18.5 Å². The Labute approximate surface area is 176 Å². The van der Waals surface area contributed by atoms with Crippen molar-refractivity contribution < 1.29 is 15.1 Å². The minimum absolute atomic E-state index is 0.0276. The fourth-order valence-electron chi connectivity index (χ4n) is 8.02. The molecule has 0 aromatic rings. The molecule has 5 nitrogen and oxygen atoms in total. The third-order valence-corrected chi connectivity index (χ3v) is 9.79. The van der Waals surface area contributed by atoms with Crippen LogP contribution < -0.4 is 11.2 Å². The van der Waals surface area contributed by atoms with Gasteiger partial charge in [-0.3, -0.25) is 0 Å². The molecule has 4 rings (SSSR count). The van der Waals surface area contributed by atoms with Crippen molar-refractivity contribution in [1.29, 1.82) is 0 Å². The number of nitrogens with two attached hydrogens (primary N) is 1. The van der Waals surface area contributed by atoms with Gasteiger partial charge in [-0.2, -0.15) is 5.48 Å². The quantitative estimate of drug-likeness (QED) is 0.309. The standard InChI is InChI=1S/C24H42N2O3/c1-22-10-8-19(27)16-18(22)5-6-21-20(22)9-11-23(2)17(7-12-24(21,23)28)4-3-14-26-29-15-13-25/h3-4,17-21,26-28H,5-16,25H2,1-2H3/b4-3+/t17-,18+,19-,20-,21+,22-,23+,24-/m0/s1. The zero-order chi connectivity index (χ0) is 20.7. The molecule has 4 aliphatic rings. The number of allylic oxidation sites excluding steroid dienone is 1. The first kappa shape index (κ1) is 21.8. The van der Waals surface area contributed by atoms with Crippen LogP contribution in [0, 0.1) is 34.5 Å². The predicted octanol–water partition coefficient (Wildman–Crippen LogP) is 3.16. The zero-order valence-corrected chi connectivity index (χ0v) is 18.4. The maximum Gasteiger partial charge on any atom is 0.0804 e. The number of fused-ring (bicyclic) bond motifs is 5. The Kier molecular flexibility index (Phi) is 6.18. The SMILES string of the molecule is C[C@]12CC[C@H](O)C[C@H]1CC[C@@H]1[C@@H]2CC[C@]2(C)[C@@H](/C=C/CNOCCN)CC[C@]12O. The second kappa shape index (κ2) is 8.23. The molecule has 8 atom stereocenters. The van der Waals surface area contributed by atoms with Crippen LogP contribution in [0.2, 0.25) is 0 Å². The second-order valence-corrected chi connectivity index (χ2v) is 10.9. The summed E-state index contributed by atoms with van der Waals surface area (Å²) >= 11 is 0. The number of aliphatic hydroxyl groups is 2. The number of aliphatic hydroxyl groups excluding tert-OH is 1. The van der Waals surface area contributed by atoms with Gasteiger partial charge in [0.15, 0.2) is 0 Å². The minimum atomic E-state index is -0.543. The molecule has 0 aliphatic heterocycles. The van der Waals surface area contributed by atoms with E-state index in [1.807, 2.05) is 0 Å². The molecular formula is C24H42N2O3. The van der Waals surface area contributed by atoms with E-state index in [0.29, 0.717) is 48.8 Å². The summed E-state index contributed by atoms with van der Waals surface area (Å²) in [6.07, 6.45) is 14.1. The van der Waals surface area contributed by atoms with Gasteiger partial charge >= 0.3 is 0 Å². The number of hydrogen-bond donors (Lipinski definition) is 4. The maximum absolute atomic E-state index is 12.1. The molecule has 4 saturated carbocycles. The molecule has 0 aromatic heterocycles. The normalized spacial score (nSPS) is 49.6. The molecule has 0 radical (unpaired) electrons. The van der Waals surface area contributed by atoms with Crippen molar-refractivity contribution in [3.63, 3.8) is 0 Å². The number of hydrogen-bond acceptors (Lipinski definition) is 5. The topological polar surface area (TPSA) is 87.7 Å². The van der Waals surface area contributed by atoms with E-state index in [1.165, 1.54) is 12.8 Å². The van der Waals surface area contributed by atoms with Gasteiger partial charge in [-0.25, -0.2) is 0 Å². The summed E-state index contributed by atoms with van der Waals surface area (Å²) in [4.78, 5) is 5.25. The summed E-state index contributed by atoms with van der Waals surface area (Å²) in [5, 5.41) is 22.3. The third kappa shape index (κ3) is 3.51. The molecule has 4 aliphatic carbocycles. The molecule has 4 fully saturated rings. The van der Waals surface area contributed by atoms with E-state index in [-0.39, 0.29) is 11.5 Å². The van der Waals surface area contributed by atoms with Crippen LogP contribution in [0.4, 0.5) is 0 Å². The van der Waals surface area contributed by atoms with Gasteiger partial charge in [0.1, 0.15) is 0 Å². The second-order valence-electron chi connectivity index (χ2n) is 10.9. The van der Waals surface area contributed by atoms with E-state index in [1.54, 1.807) is 0 Å². The number of rotatable bonds is 6. The van der Waals surface area contributed by atoms with Gasteiger partial charge < -0.3 is 20.8 Å². The minimum Gasteiger partial charge on any atom is -0.393 e. The van der Waals surface area contributed by atoms with Crippen molar-refractivity contribution in [3.8, 4) is 0 Å². The zero-order valence-electron chi connectivity index (χ0n) is 18.4. The Morgan fingerprint density at radius 1 is 1.07 bits per heavy atom. The van der Waals surface area contributed by atoms with Crippen LogP contribution in [0.15, 0.2) is 12.2 Å². The van der Waals surface area contributed by atoms with E-state index >= 15 is 0 Å². The largest absolute Gasteiger partial charge is 0.393 e. The lowest BCUT2D eigenvalue weighted by atomic mass is 9.43. The highest BCUT2D eigenvalue weighted by Crippen LogP contribution is 2.69. The van der Waals surface area contributed by atoms with Gasteiger partial charge in [-0.1, -0.05) is 26.0 Å². The first-order chi connectivity index (χ1) is 13.8. The summed E-state index contributed by atoms with van der Waals surface area (Å²) in [5.41, 5.74) is 8.11. The van der Waals surface area contributed by atoms with E-state index in [0.717, 1.165) is 44.9 Å². The third-order valence-electron chi connectivity index (χ3n) is 9.79. The Hall–Kier alpha value is -0.460. The van der Waals surface area contributed by atoms with Crippen LogP contribution in [-0.4, -0.2) is 41.6 Å². The van der Waals surface area contributed by atoms with Crippen molar-refractivity contribution in [2.75, 3.05) is 19.7 Å². The average molecular weight is 407 g/mol. The lowest BCUT2D eigenvalue weighted by molar-refractivity contribution is -0.207. The maximum atomic E-state index is 12.1. The van der Waals surface area contributed by atoms with Crippen LogP contribution >= 0.6 is 0 Å². The molecular weight excluding hydrogens is 364 g/mol. The van der Waals surface area contributed by atoms with Crippen molar-refractivity contribution >= 4 is 0 Å². The molecule has 0 spiro atoms. The van der Waals surface area contributed by atoms with Crippen molar-refractivity contribution in [3.05, 3.63) is 12.2 Å². The van der Waals surface area contributed by atoms with Gasteiger partial charge in [0.25, 0.3) is 0 Å². The summed E-state index contributed by atoms with van der Waals surface area (Å²) in [6.45, 7) is 6.55. The number of hydroxylamine groups is 1. The number of nitrogens with one attached hydrogen (secondary N) is 1. The van der Waals surface area contributed by atoms with Crippen molar-refractivity contribution in [1.82, 2.24) is 5.48 Å². The van der Waals surface area contributed by atoms with E-state index < -0.39 is 5.60 Å².